The summed E-state index contributed by atoms with van der Waals surface area (Å²) in [5.41, 5.74) is 0.811. The van der Waals surface area contributed by atoms with Gasteiger partial charge in [-0.3, -0.25) is 4.79 Å². The van der Waals surface area contributed by atoms with Gasteiger partial charge in [0, 0.05) is 18.6 Å². The molecule has 1 rings (SSSR count). The summed E-state index contributed by atoms with van der Waals surface area (Å²) in [6.07, 6.45) is 1.81. The highest BCUT2D eigenvalue weighted by Crippen LogP contribution is 2.28. The molecule has 1 aromatic rings. The van der Waals surface area contributed by atoms with Crippen molar-refractivity contribution in [1.82, 2.24) is 10.6 Å². The maximum atomic E-state index is 11.8. The van der Waals surface area contributed by atoms with Gasteiger partial charge in [0.2, 0.25) is 0 Å². The molecule has 0 spiro atoms. The first-order valence-corrected chi connectivity index (χ1v) is 7.87. The number of carbonyl (C=O) groups is 1. The van der Waals surface area contributed by atoms with Gasteiger partial charge in [0.25, 0.3) is 5.91 Å². The van der Waals surface area contributed by atoms with Crippen molar-refractivity contribution >= 4 is 5.91 Å². The van der Waals surface area contributed by atoms with Crippen LogP contribution in [0.4, 0.5) is 0 Å². The second kappa shape index (κ2) is 9.20. The van der Waals surface area contributed by atoms with E-state index < -0.39 is 0 Å². The van der Waals surface area contributed by atoms with E-state index >= 15 is 0 Å². The average molecular weight is 320 g/mol. The summed E-state index contributed by atoms with van der Waals surface area (Å²) < 4.78 is 11.2. The molecule has 0 aliphatic heterocycles. The smallest absolute Gasteiger partial charge is 0.258 e. The summed E-state index contributed by atoms with van der Waals surface area (Å²) in [6, 6.07) is 5.71. The first-order valence-electron chi connectivity index (χ1n) is 7.87. The van der Waals surface area contributed by atoms with Crippen molar-refractivity contribution in [2.45, 2.75) is 39.8 Å². The predicted molar refractivity (Wildman–Crippen MR) is 92.9 cm³/mol. The monoisotopic (exact) mass is 320 g/mol. The first kappa shape index (κ1) is 19.0. The Hall–Kier alpha value is -2.01. The summed E-state index contributed by atoms with van der Waals surface area (Å²) in [5, 5.41) is 6.10. The third-order valence-corrected chi connectivity index (χ3v) is 2.80. The zero-order valence-electron chi connectivity index (χ0n) is 14.6. The van der Waals surface area contributed by atoms with Crippen LogP contribution in [0.25, 0.3) is 0 Å². The molecule has 0 saturated carbocycles. The highest BCUT2D eigenvalue weighted by molar-refractivity contribution is 5.78. The summed E-state index contributed by atoms with van der Waals surface area (Å²) in [7, 11) is 0. The lowest BCUT2D eigenvalue weighted by atomic mass is 10.1. The van der Waals surface area contributed by atoms with Gasteiger partial charge in [-0.25, -0.2) is 0 Å². The molecule has 0 aliphatic carbocycles. The number of nitrogens with one attached hydrogen (secondary N) is 2. The van der Waals surface area contributed by atoms with Gasteiger partial charge in [0.15, 0.2) is 18.1 Å². The Kier molecular flexibility index (Phi) is 7.62. The molecule has 128 valence electrons. The quantitative estimate of drug-likeness (QED) is 0.542. The number of carbonyl (C=O) groups excluding carboxylic acids is 1. The van der Waals surface area contributed by atoms with E-state index in [0.29, 0.717) is 18.1 Å². The highest BCUT2D eigenvalue weighted by atomic mass is 16.5. The van der Waals surface area contributed by atoms with Crippen LogP contribution in [0, 0.1) is 0 Å². The molecular formula is C18H28N2O3. The zero-order chi connectivity index (χ0) is 17.3. The average Bonchev–Trinajstić information content (AvgIpc) is 2.45. The molecule has 5 nitrogen and oxygen atoms in total. The van der Waals surface area contributed by atoms with E-state index in [2.05, 4.69) is 17.2 Å². The van der Waals surface area contributed by atoms with Crippen LogP contribution in [0.1, 0.15) is 33.3 Å². The van der Waals surface area contributed by atoms with E-state index in [4.69, 9.17) is 9.47 Å². The Balaban J connectivity index is 2.69. The van der Waals surface area contributed by atoms with Crippen molar-refractivity contribution < 1.29 is 14.3 Å². The number of benzene rings is 1. The molecule has 2 N–H and O–H groups in total. The van der Waals surface area contributed by atoms with Crippen LogP contribution in [-0.4, -0.2) is 31.2 Å². The summed E-state index contributed by atoms with van der Waals surface area (Å²) in [4.78, 5) is 11.8. The number of amides is 1. The second-order valence-electron chi connectivity index (χ2n) is 6.22. The van der Waals surface area contributed by atoms with E-state index in [1.54, 1.807) is 0 Å². The minimum atomic E-state index is -0.274. The second-order valence-corrected chi connectivity index (χ2v) is 6.22. The number of hydrogen-bond acceptors (Lipinski definition) is 4. The third kappa shape index (κ3) is 7.70. The highest BCUT2D eigenvalue weighted by Gasteiger charge is 2.15. The fourth-order valence-electron chi connectivity index (χ4n) is 1.97. The number of hydrogen-bond donors (Lipinski definition) is 2. The van der Waals surface area contributed by atoms with E-state index in [-0.39, 0.29) is 18.1 Å². The first-order chi connectivity index (χ1) is 10.9. The molecule has 5 heteroatoms. The minimum absolute atomic E-state index is 0.0363. The fourth-order valence-corrected chi connectivity index (χ4v) is 1.97. The molecule has 0 fully saturated rings. The van der Waals surface area contributed by atoms with Crippen molar-refractivity contribution in [2.75, 3.05) is 19.8 Å². The molecule has 0 aliphatic rings. The van der Waals surface area contributed by atoms with Gasteiger partial charge in [0.1, 0.15) is 0 Å². The molecule has 1 amide bonds. The molecule has 0 aromatic heterocycles. The lowest BCUT2D eigenvalue weighted by molar-refractivity contribution is -0.124. The SMILES string of the molecule is C=CCNCc1ccc(OCC(=O)NC(C)(C)C)c(OCC)c1. The Morgan fingerprint density at radius 3 is 2.61 bits per heavy atom. The van der Waals surface area contributed by atoms with E-state index in [9.17, 15) is 4.79 Å². The van der Waals surface area contributed by atoms with Gasteiger partial charge in [-0.05, 0) is 45.4 Å². The van der Waals surface area contributed by atoms with E-state index in [1.165, 1.54) is 0 Å². The Bertz CT molecular complexity index is 521. The van der Waals surface area contributed by atoms with Crippen LogP contribution in [0.5, 0.6) is 11.5 Å². The van der Waals surface area contributed by atoms with Crippen LogP contribution in [0.3, 0.4) is 0 Å². The predicted octanol–water partition coefficient (Wildman–Crippen LogP) is 2.65. The van der Waals surface area contributed by atoms with Gasteiger partial charge >= 0.3 is 0 Å². The molecule has 0 atom stereocenters. The molecule has 0 saturated heterocycles. The van der Waals surface area contributed by atoms with Crippen molar-refractivity contribution in [2.24, 2.45) is 0 Å². The normalized spacial score (nSPS) is 11.0. The van der Waals surface area contributed by atoms with Crippen LogP contribution < -0.4 is 20.1 Å². The molecule has 0 heterocycles. The van der Waals surface area contributed by atoms with Crippen molar-refractivity contribution in [1.29, 1.82) is 0 Å². The lowest BCUT2D eigenvalue weighted by Gasteiger charge is -2.21. The van der Waals surface area contributed by atoms with Crippen molar-refractivity contribution in [3.8, 4) is 11.5 Å². The summed E-state index contributed by atoms with van der Waals surface area (Å²) in [5.74, 6) is 1.06. The molecule has 23 heavy (non-hydrogen) atoms. The Morgan fingerprint density at radius 2 is 2.00 bits per heavy atom. The van der Waals surface area contributed by atoms with Gasteiger partial charge in [-0.2, -0.15) is 0 Å². The largest absolute Gasteiger partial charge is 0.490 e. The number of rotatable bonds is 9. The van der Waals surface area contributed by atoms with E-state index in [0.717, 1.165) is 18.7 Å². The summed E-state index contributed by atoms with van der Waals surface area (Å²) in [6.45, 7) is 13.3. The molecule has 0 unspecified atom stereocenters. The molecule has 0 radical (unpaired) electrons. The number of ether oxygens (including phenoxy) is 2. The van der Waals surface area contributed by atoms with Gasteiger partial charge in [-0.15, -0.1) is 6.58 Å². The molecule has 1 aromatic carbocycles. The Labute approximate surface area is 139 Å². The third-order valence-electron chi connectivity index (χ3n) is 2.80. The molecule has 0 bridgehead atoms. The van der Waals surface area contributed by atoms with Crippen LogP contribution >= 0.6 is 0 Å². The summed E-state index contributed by atoms with van der Waals surface area (Å²) >= 11 is 0. The topological polar surface area (TPSA) is 59.6 Å². The lowest BCUT2D eigenvalue weighted by Crippen LogP contribution is -2.43. The minimum Gasteiger partial charge on any atom is -0.490 e. The van der Waals surface area contributed by atoms with Crippen molar-refractivity contribution in [3.05, 3.63) is 36.4 Å². The van der Waals surface area contributed by atoms with Crippen LogP contribution in [0.15, 0.2) is 30.9 Å². The van der Waals surface area contributed by atoms with Crippen LogP contribution in [-0.2, 0) is 11.3 Å². The van der Waals surface area contributed by atoms with Gasteiger partial charge in [-0.1, -0.05) is 12.1 Å². The van der Waals surface area contributed by atoms with Crippen molar-refractivity contribution in [3.63, 3.8) is 0 Å². The standard InChI is InChI=1S/C18H28N2O3/c1-6-10-19-12-14-8-9-15(16(11-14)22-7-2)23-13-17(21)20-18(3,4)5/h6,8-9,11,19H,1,7,10,12-13H2,2-5H3,(H,20,21). The van der Waals surface area contributed by atoms with Gasteiger partial charge in [0.05, 0.1) is 6.61 Å². The van der Waals surface area contributed by atoms with Crippen LogP contribution in [0.2, 0.25) is 0 Å². The maximum Gasteiger partial charge on any atom is 0.258 e. The zero-order valence-corrected chi connectivity index (χ0v) is 14.6. The van der Waals surface area contributed by atoms with E-state index in [1.807, 2.05) is 52.0 Å². The molecular weight excluding hydrogens is 292 g/mol. The Morgan fingerprint density at radius 1 is 1.26 bits per heavy atom. The fraction of sp³-hybridized carbons (Fsp3) is 0.500. The maximum absolute atomic E-state index is 11.8. The van der Waals surface area contributed by atoms with Gasteiger partial charge < -0.3 is 20.1 Å².